The standard InChI is InChI=1S/C12H9N3O2/c16-12-10(7-8-3-1-5-13-8)17-9-4-2-6-14-11(9)15-12/h1-7,13H,(H,14,15,16)/b10-7+. The van der Waals surface area contributed by atoms with Gasteiger partial charge in [0, 0.05) is 24.2 Å². The van der Waals surface area contributed by atoms with E-state index < -0.39 is 0 Å². The molecule has 0 fully saturated rings. The highest BCUT2D eigenvalue weighted by molar-refractivity contribution is 6.07. The summed E-state index contributed by atoms with van der Waals surface area (Å²) in [6.45, 7) is 0. The van der Waals surface area contributed by atoms with Crippen LogP contribution in [-0.2, 0) is 4.79 Å². The summed E-state index contributed by atoms with van der Waals surface area (Å²) in [5.41, 5.74) is 0.808. The average molecular weight is 227 g/mol. The Morgan fingerprint density at radius 1 is 1.29 bits per heavy atom. The van der Waals surface area contributed by atoms with Gasteiger partial charge in [-0.15, -0.1) is 0 Å². The highest BCUT2D eigenvalue weighted by Crippen LogP contribution is 2.28. The molecule has 0 atom stereocenters. The van der Waals surface area contributed by atoms with E-state index in [1.807, 2.05) is 12.1 Å². The molecular weight excluding hydrogens is 218 g/mol. The van der Waals surface area contributed by atoms with Gasteiger partial charge in [-0.1, -0.05) is 0 Å². The number of fused-ring (bicyclic) bond motifs is 1. The molecule has 2 aromatic rings. The van der Waals surface area contributed by atoms with Crippen LogP contribution in [0.3, 0.4) is 0 Å². The molecule has 0 aliphatic carbocycles. The quantitative estimate of drug-likeness (QED) is 0.730. The van der Waals surface area contributed by atoms with Gasteiger partial charge in [-0.25, -0.2) is 4.98 Å². The Hall–Kier alpha value is -2.56. The van der Waals surface area contributed by atoms with E-state index in [1.165, 1.54) is 0 Å². The molecule has 5 nitrogen and oxygen atoms in total. The lowest BCUT2D eigenvalue weighted by Crippen LogP contribution is -2.24. The number of carbonyl (C=O) groups excluding carboxylic acids is 1. The first-order chi connectivity index (χ1) is 8.33. The second kappa shape index (κ2) is 3.79. The van der Waals surface area contributed by atoms with Crippen LogP contribution >= 0.6 is 0 Å². The molecular formula is C12H9N3O2. The Balaban J connectivity index is 1.97. The maximum atomic E-state index is 11.7. The smallest absolute Gasteiger partial charge is 0.292 e. The Morgan fingerprint density at radius 3 is 3.06 bits per heavy atom. The average Bonchev–Trinajstić information content (AvgIpc) is 2.83. The van der Waals surface area contributed by atoms with Crippen molar-refractivity contribution < 1.29 is 9.53 Å². The highest BCUT2D eigenvalue weighted by atomic mass is 16.5. The molecule has 5 heteroatoms. The van der Waals surface area contributed by atoms with Crippen molar-refractivity contribution in [1.82, 2.24) is 9.97 Å². The van der Waals surface area contributed by atoms with E-state index in [0.29, 0.717) is 11.6 Å². The third-order valence-electron chi connectivity index (χ3n) is 2.35. The molecule has 2 N–H and O–H groups in total. The van der Waals surface area contributed by atoms with Gasteiger partial charge in [0.1, 0.15) is 0 Å². The Bertz CT molecular complexity index is 588. The second-order valence-corrected chi connectivity index (χ2v) is 3.54. The number of nitrogens with zero attached hydrogens (tertiary/aromatic N) is 1. The number of hydrogen-bond donors (Lipinski definition) is 2. The fraction of sp³-hybridized carbons (Fsp3) is 0. The van der Waals surface area contributed by atoms with E-state index in [2.05, 4.69) is 15.3 Å². The van der Waals surface area contributed by atoms with Crippen molar-refractivity contribution in [2.75, 3.05) is 5.32 Å². The first-order valence-corrected chi connectivity index (χ1v) is 5.12. The van der Waals surface area contributed by atoms with Crippen molar-refractivity contribution in [2.45, 2.75) is 0 Å². The molecule has 0 spiro atoms. The Labute approximate surface area is 97.1 Å². The second-order valence-electron chi connectivity index (χ2n) is 3.54. The molecule has 1 aliphatic rings. The van der Waals surface area contributed by atoms with E-state index in [1.54, 1.807) is 30.6 Å². The molecule has 0 radical (unpaired) electrons. The maximum Gasteiger partial charge on any atom is 0.292 e. The minimum atomic E-state index is -0.300. The lowest BCUT2D eigenvalue weighted by molar-refractivity contribution is -0.115. The zero-order valence-electron chi connectivity index (χ0n) is 8.81. The first-order valence-electron chi connectivity index (χ1n) is 5.12. The van der Waals surface area contributed by atoms with Crippen molar-refractivity contribution in [2.24, 2.45) is 0 Å². The molecule has 0 saturated carbocycles. The van der Waals surface area contributed by atoms with E-state index in [-0.39, 0.29) is 11.7 Å². The van der Waals surface area contributed by atoms with Crippen molar-refractivity contribution in [3.8, 4) is 5.75 Å². The number of aromatic nitrogens is 2. The lowest BCUT2D eigenvalue weighted by atomic mass is 10.3. The molecule has 2 aromatic heterocycles. The molecule has 3 heterocycles. The number of nitrogens with one attached hydrogen (secondary N) is 2. The van der Waals surface area contributed by atoms with Gasteiger partial charge in [-0.3, -0.25) is 4.79 Å². The number of hydrogen-bond acceptors (Lipinski definition) is 3. The lowest BCUT2D eigenvalue weighted by Gasteiger charge is -2.18. The van der Waals surface area contributed by atoms with Crippen LogP contribution in [0.4, 0.5) is 5.82 Å². The van der Waals surface area contributed by atoms with Gasteiger partial charge in [0.15, 0.2) is 17.3 Å². The number of H-pyrrole nitrogens is 1. The molecule has 0 saturated heterocycles. The molecule has 84 valence electrons. The summed E-state index contributed by atoms with van der Waals surface area (Å²) in [5.74, 6) is 0.935. The summed E-state index contributed by atoms with van der Waals surface area (Å²) in [4.78, 5) is 18.7. The monoisotopic (exact) mass is 227 g/mol. The van der Waals surface area contributed by atoms with Crippen molar-refractivity contribution in [1.29, 1.82) is 0 Å². The molecule has 0 unspecified atom stereocenters. The summed E-state index contributed by atoms with van der Waals surface area (Å²) < 4.78 is 5.48. The summed E-state index contributed by atoms with van der Waals surface area (Å²) in [6.07, 6.45) is 5.02. The minimum absolute atomic E-state index is 0.243. The minimum Gasteiger partial charge on any atom is -0.448 e. The third-order valence-corrected chi connectivity index (χ3v) is 2.35. The predicted molar refractivity (Wildman–Crippen MR) is 62.3 cm³/mol. The largest absolute Gasteiger partial charge is 0.448 e. The number of pyridine rings is 1. The normalized spacial score (nSPS) is 16.2. The van der Waals surface area contributed by atoms with Gasteiger partial charge in [0.25, 0.3) is 5.91 Å². The fourth-order valence-electron chi connectivity index (χ4n) is 1.57. The van der Waals surface area contributed by atoms with Crippen molar-refractivity contribution in [3.63, 3.8) is 0 Å². The van der Waals surface area contributed by atoms with Crippen LogP contribution in [0.15, 0.2) is 42.4 Å². The SMILES string of the molecule is O=C1Nc2ncccc2O/C1=C/c1ccc[nH]1. The molecule has 1 amide bonds. The van der Waals surface area contributed by atoms with Gasteiger partial charge in [-0.05, 0) is 24.3 Å². The maximum absolute atomic E-state index is 11.7. The summed E-state index contributed by atoms with van der Waals surface area (Å²) in [7, 11) is 0. The molecule has 3 rings (SSSR count). The fourth-order valence-corrected chi connectivity index (χ4v) is 1.57. The van der Waals surface area contributed by atoms with Gasteiger partial charge < -0.3 is 15.0 Å². The highest BCUT2D eigenvalue weighted by Gasteiger charge is 2.22. The summed E-state index contributed by atoms with van der Waals surface area (Å²) in [5, 5.41) is 2.67. The summed E-state index contributed by atoms with van der Waals surface area (Å²) in [6, 6.07) is 7.21. The van der Waals surface area contributed by atoms with Gasteiger partial charge in [0.05, 0.1) is 0 Å². The summed E-state index contributed by atoms with van der Waals surface area (Å²) >= 11 is 0. The van der Waals surface area contributed by atoms with Crippen LogP contribution in [-0.4, -0.2) is 15.9 Å². The number of ether oxygens (including phenoxy) is 1. The van der Waals surface area contributed by atoms with E-state index in [0.717, 1.165) is 5.69 Å². The molecule has 17 heavy (non-hydrogen) atoms. The van der Waals surface area contributed by atoms with E-state index in [9.17, 15) is 4.79 Å². The number of rotatable bonds is 1. The third kappa shape index (κ3) is 1.78. The van der Waals surface area contributed by atoms with Crippen LogP contribution < -0.4 is 10.1 Å². The van der Waals surface area contributed by atoms with Crippen LogP contribution in [0.2, 0.25) is 0 Å². The zero-order valence-corrected chi connectivity index (χ0v) is 8.81. The van der Waals surface area contributed by atoms with Crippen LogP contribution in [0.25, 0.3) is 6.08 Å². The topological polar surface area (TPSA) is 67.0 Å². The van der Waals surface area contributed by atoms with Crippen molar-refractivity contribution >= 4 is 17.8 Å². The molecule has 0 bridgehead atoms. The number of anilines is 1. The van der Waals surface area contributed by atoms with Crippen LogP contribution in [0, 0.1) is 0 Å². The number of carbonyl (C=O) groups is 1. The van der Waals surface area contributed by atoms with Crippen LogP contribution in [0.1, 0.15) is 5.69 Å². The first kappa shape index (κ1) is 9.65. The van der Waals surface area contributed by atoms with E-state index >= 15 is 0 Å². The number of amides is 1. The van der Waals surface area contributed by atoms with Gasteiger partial charge >= 0.3 is 0 Å². The molecule has 0 aromatic carbocycles. The molecule has 1 aliphatic heterocycles. The number of aromatic amines is 1. The van der Waals surface area contributed by atoms with Crippen LogP contribution in [0.5, 0.6) is 5.75 Å². The zero-order chi connectivity index (χ0) is 11.7. The Kier molecular flexibility index (Phi) is 2.15. The Morgan fingerprint density at radius 2 is 2.24 bits per heavy atom. The van der Waals surface area contributed by atoms with E-state index in [4.69, 9.17) is 4.74 Å². The van der Waals surface area contributed by atoms with Crippen molar-refractivity contribution in [3.05, 3.63) is 48.1 Å². The van der Waals surface area contributed by atoms with Gasteiger partial charge in [0.2, 0.25) is 0 Å². The predicted octanol–water partition coefficient (Wildman–Crippen LogP) is 1.78. The van der Waals surface area contributed by atoms with Gasteiger partial charge in [-0.2, -0.15) is 0 Å².